The summed E-state index contributed by atoms with van der Waals surface area (Å²) in [6, 6.07) is 4.36. The zero-order chi connectivity index (χ0) is 26.8. The summed E-state index contributed by atoms with van der Waals surface area (Å²) in [6.45, 7) is 6.38. The van der Waals surface area contributed by atoms with Gasteiger partial charge in [-0.1, -0.05) is 13.8 Å². The van der Waals surface area contributed by atoms with Gasteiger partial charge in [-0.25, -0.2) is 9.59 Å². The first-order valence-electron chi connectivity index (χ1n) is 13.4. The Morgan fingerprint density at radius 2 is 1.81 bits per heavy atom. The van der Waals surface area contributed by atoms with E-state index in [-0.39, 0.29) is 36.5 Å². The number of anilines is 1. The standard InChI is InChI=1S/C27H42N4O6/c1-18(2)16-23(26(33)37-21-6-4-5-7-21)30-27(34)36-15-14-31-12-10-20(11-13-31)29-25(32)19-8-9-22(28)24(17-19)35-3/h8-9,17-18,20-21,23H,4-7,10-16,28H2,1-3H3,(H,29,32)(H,30,34)/t23-/m0/s1. The maximum Gasteiger partial charge on any atom is 0.407 e. The van der Waals surface area contributed by atoms with Crippen LogP contribution < -0.4 is 21.1 Å². The highest BCUT2D eigenvalue weighted by Gasteiger charge is 2.28. The lowest BCUT2D eigenvalue weighted by molar-refractivity contribution is -0.151. The minimum absolute atomic E-state index is 0.0398. The monoisotopic (exact) mass is 518 g/mol. The van der Waals surface area contributed by atoms with Crippen molar-refractivity contribution in [3.8, 4) is 5.75 Å². The summed E-state index contributed by atoms with van der Waals surface area (Å²) >= 11 is 0. The van der Waals surface area contributed by atoms with Gasteiger partial charge >= 0.3 is 12.1 Å². The summed E-state index contributed by atoms with van der Waals surface area (Å²) in [5, 5.41) is 5.77. The molecule has 37 heavy (non-hydrogen) atoms. The lowest BCUT2D eigenvalue weighted by atomic mass is 10.0. The van der Waals surface area contributed by atoms with Gasteiger partial charge in [-0.15, -0.1) is 0 Å². The number of alkyl carbamates (subject to hydrolysis) is 1. The van der Waals surface area contributed by atoms with Crippen molar-refractivity contribution in [2.45, 2.75) is 77.0 Å². The zero-order valence-corrected chi connectivity index (χ0v) is 22.3. The van der Waals surface area contributed by atoms with Crippen molar-refractivity contribution in [1.29, 1.82) is 0 Å². The van der Waals surface area contributed by atoms with Crippen molar-refractivity contribution < 1.29 is 28.6 Å². The van der Waals surface area contributed by atoms with E-state index in [1.165, 1.54) is 7.11 Å². The molecular weight excluding hydrogens is 476 g/mol. The number of carbonyl (C=O) groups excluding carboxylic acids is 3. The number of hydrogen-bond donors (Lipinski definition) is 3. The van der Waals surface area contributed by atoms with Crippen molar-refractivity contribution in [3.05, 3.63) is 23.8 Å². The van der Waals surface area contributed by atoms with Gasteiger partial charge < -0.3 is 30.6 Å². The van der Waals surface area contributed by atoms with E-state index in [9.17, 15) is 14.4 Å². The summed E-state index contributed by atoms with van der Waals surface area (Å²) in [5.74, 6) is 0.177. The van der Waals surface area contributed by atoms with Gasteiger partial charge in [0.15, 0.2) is 0 Å². The van der Waals surface area contributed by atoms with Gasteiger partial charge in [0.25, 0.3) is 5.91 Å². The van der Waals surface area contributed by atoms with Crippen LogP contribution in [0, 0.1) is 5.92 Å². The zero-order valence-electron chi connectivity index (χ0n) is 22.3. The number of nitrogen functional groups attached to an aromatic ring is 1. The summed E-state index contributed by atoms with van der Waals surface area (Å²) in [7, 11) is 1.52. The lowest BCUT2D eigenvalue weighted by Crippen LogP contribution is -2.46. The smallest absolute Gasteiger partial charge is 0.407 e. The highest BCUT2D eigenvalue weighted by molar-refractivity contribution is 5.95. The number of amides is 2. The largest absolute Gasteiger partial charge is 0.495 e. The molecule has 3 rings (SSSR count). The molecule has 206 valence electrons. The third kappa shape index (κ3) is 9.10. The third-order valence-electron chi connectivity index (χ3n) is 6.93. The van der Waals surface area contributed by atoms with Gasteiger partial charge in [0, 0.05) is 31.2 Å². The Kier molecular flexibility index (Phi) is 10.9. The normalized spacial score (nSPS) is 17.8. The Morgan fingerprint density at radius 3 is 2.46 bits per heavy atom. The summed E-state index contributed by atoms with van der Waals surface area (Å²) in [5.41, 5.74) is 6.82. The van der Waals surface area contributed by atoms with E-state index in [4.69, 9.17) is 19.9 Å². The molecule has 2 aliphatic rings. The number of nitrogens with one attached hydrogen (secondary N) is 2. The van der Waals surface area contributed by atoms with Crippen molar-refractivity contribution >= 4 is 23.7 Å². The Hall–Kier alpha value is -3.01. The molecule has 2 amide bonds. The molecule has 1 aromatic carbocycles. The van der Waals surface area contributed by atoms with Gasteiger partial charge in [-0.2, -0.15) is 0 Å². The van der Waals surface area contributed by atoms with Crippen LogP contribution in [0.5, 0.6) is 5.75 Å². The molecule has 0 unspecified atom stereocenters. The molecule has 10 heteroatoms. The van der Waals surface area contributed by atoms with E-state index >= 15 is 0 Å². The number of hydrogen-bond acceptors (Lipinski definition) is 8. The molecule has 1 aliphatic carbocycles. The summed E-state index contributed by atoms with van der Waals surface area (Å²) in [4.78, 5) is 39.8. The van der Waals surface area contributed by atoms with Crippen LogP contribution in [0.3, 0.4) is 0 Å². The first kappa shape index (κ1) is 28.6. The number of esters is 1. The van der Waals surface area contributed by atoms with E-state index in [0.717, 1.165) is 51.6 Å². The maximum atomic E-state index is 12.6. The number of nitrogens with zero attached hydrogens (tertiary/aromatic N) is 1. The highest BCUT2D eigenvalue weighted by Crippen LogP contribution is 2.23. The Morgan fingerprint density at radius 1 is 1.11 bits per heavy atom. The van der Waals surface area contributed by atoms with Gasteiger partial charge in [0.2, 0.25) is 0 Å². The topological polar surface area (TPSA) is 132 Å². The summed E-state index contributed by atoms with van der Waals surface area (Å²) in [6.07, 6.45) is 5.39. The predicted molar refractivity (Wildman–Crippen MR) is 140 cm³/mol. The average Bonchev–Trinajstić information content (AvgIpc) is 3.37. The van der Waals surface area contributed by atoms with Gasteiger partial charge in [-0.05, 0) is 69.1 Å². The van der Waals surface area contributed by atoms with E-state index in [1.807, 2.05) is 13.8 Å². The molecule has 1 atom stereocenters. The Labute approximate surface area is 219 Å². The van der Waals surface area contributed by atoms with Crippen LogP contribution in [-0.2, 0) is 14.3 Å². The second-order valence-corrected chi connectivity index (χ2v) is 10.4. The van der Waals surface area contributed by atoms with Crippen LogP contribution in [0.2, 0.25) is 0 Å². The minimum atomic E-state index is -0.700. The van der Waals surface area contributed by atoms with Crippen molar-refractivity contribution in [2.24, 2.45) is 5.92 Å². The van der Waals surface area contributed by atoms with Crippen LogP contribution in [-0.4, -0.2) is 74.4 Å². The van der Waals surface area contributed by atoms with E-state index in [1.54, 1.807) is 18.2 Å². The molecular formula is C27H42N4O6. The third-order valence-corrected chi connectivity index (χ3v) is 6.93. The summed E-state index contributed by atoms with van der Waals surface area (Å²) < 4.78 is 16.2. The van der Waals surface area contributed by atoms with Gasteiger partial charge in [-0.3, -0.25) is 9.69 Å². The molecule has 2 fully saturated rings. The van der Waals surface area contributed by atoms with Crippen LogP contribution >= 0.6 is 0 Å². The molecule has 1 saturated heterocycles. The molecule has 1 aliphatic heterocycles. The number of piperidine rings is 1. The Balaban J connectivity index is 1.35. The van der Waals surface area contributed by atoms with Crippen molar-refractivity contribution in [2.75, 3.05) is 39.1 Å². The van der Waals surface area contributed by atoms with Crippen LogP contribution in [0.15, 0.2) is 18.2 Å². The number of benzene rings is 1. The fourth-order valence-corrected chi connectivity index (χ4v) is 4.81. The number of nitrogens with two attached hydrogens (primary N) is 1. The predicted octanol–water partition coefficient (Wildman–Crippen LogP) is 3.10. The molecule has 1 aromatic rings. The first-order valence-corrected chi connectivity index (χ1v) is 13.4. The SMILES string of the molecule is COc1cc(C(=O)NC2CCN(CCOC(=O)N[C@@H](CC(C)C)C(=O)OC3CCCC3)CC2)ccc1N. The van der Waals surface area contributed by atoms with Crippen molar-refractivity contribution in [3.63, 3.8) is 0 Å². The first-order chi connectivity index (χ1) is 17.7. The lowest BCUT2D eigenvalue weighted by Gasteiger charge is -2.32. The molecule has 10 nitrogen and oxygen atoms in total. The van der Waals surface area contributed by atoms with Crippen LogP contribution in [0.1, 0.15) is 69.2 Å². The van der Waals surface area contributed by atoms with Crippen molar-refractivity contribution in [1.82, 2.24) is 15.5 Å². The number of carbonyl (C=O) groups is 3. The number of likely N-dealkylation sites (tertiary alicyclic amines) is 1. The van der Waals surface area contributed by atoms with Gasteiger partial charge in [0.05, 0.1) is 12.8 Å². The maximum absolute atomic E-state index is 12.6. The number of methoxy groups -OCH3 is 1. The molecule has 1 heterocycles. The fraction of sp³-hybridized carbons (Fsp3) is 0.667. The second kappa shape index (κ2) is 14.1. The fourth-order valence-electron chi connectivity index (χ4n) is 4.81. The minimum Gasteiger partial charge on any atom is -0.495 e. The second-order valence-electron chi connectivity index (χ2n) is 10.4. The average molecular weight is 519 g/mol. The van der Waals surface area contributed by atoms with E-state index in [0.29, 0.717) is 30.0 Å². The molecule has 0 aromatic heterocycles. The van der Waals surface area contributed by atoms with Crippen LogP contribution in [0.25, 0.3) is 0 Å². The van der Waals surface area contributed by atoms with E-state index in [2.05, 4.69) is 15.5 Å². The molecule has 4 N–H and O–H groups in total. The number of rotatable bonds is 11. The molecule has 0 radical (unpaired) electrons. The van der Waals surface area contributed by atoms with Crippen LogP contribution in [0.4, 0.5) is 10.5 Å². The quantitative estimate of drug-likeness (QED) is 0.301. The van der Waals surface area contributed by atoms with E-state index < -0.39 is 12.1 Å². The Bertz CT molecular complexity index is 910. The molecule has 0 bridgehead atoms. The molecule has 1 saturated carbocycles. The van der Waals surface area contributed by atoms with Gasteiger partial charge in [0.1, 0.15) is 24.5 Å². The highest BCUT2D eigenvalue weighted by atomic mass is 16.6. The molecule has 0 spiro atoms. The number of ether oxygens (including phenoxy) is 3.